The zero-order valence-corrected chi connectivity index (χ0v) is 17.1. The maximum Gasteiger partial charge on any atom is 0.305 e. The number of nitrogens with zero attached hydrogens (tertiary/aromatic N) is 1. The number of carboxylic acid groups (broad SMARTS) is 1. The van der Waals surface area contributed by atoms with Gasteiger partial charge in [-0.05, 0) is 36.4 Å². The van der Waals surface area contributed by atoms with Gasteiger partial charge in [0.15, 0.2) is 0 Å². The Morgan fingerprint density at radius 1 is 1.04 bits per heavy atom. The van der Waals surface area contributed by atoms with Crippen LogP contribution in [0.4, 0.5) is 5.69 Å². The third kappa shape index (κ3) is 4.80. The molecule has 0 aliphatic rings. The van der Waals surface area contributed by atoms with Gasteiger partial charge in [-0.2, -0.15) is 0 Å². The highest BCUT2D eigenvalue weighted by Gasteiger charge is 2.28. The third-order valence-corrected chi connectivity index (χ3v) is 6.57. The molecule has 0 spiro atoms. The lowest BCUT2D eigenvalue weighted by Crippen LogP contribution is -2.33. The molecule has 0 radical (unpaired) electrons. The number of rotatable bonds is 6. The van der Waals surface area contributed by atoms with Crippen molar-refractivity contribution in [2.24, 2.45) is 0 Å². The van der Waals surface area contributed by atoms with Crippen LogP contribution in [-0.2, 0) is 14.8 Å². The van der Waals surface area contributed by atoms with Crippen molar-refractivity contribution >= 4 is 72.4 Å². The number of carbonyl (C=O) groups is 1. The summed E-state index contributed by atoms with van der Waals surface area (Å²) in [5, 5.41) is 9.25. The molecule has 0 fully saturated rings. The lowest BCUT2D eigenvalue weighted by Gasteiger charge is -2.25. The normalized spacial score (nSPS) is 11.4. The van der Waals surface area contributed by atoms with E-state index in [0.717, 1.165) is 4.31 Å². The molecule has 0 aliphatic heterocycles. The van der Waals surface area contributed by atoms with E-state index in [0.29, 0.717) is 4.47 Å². The van der Waals surface area contributed by atoms with E-state index >= 15 is 0 Å². The molecule has 2 aromatic rings. The van der Waals surface area contributed by atoms with Crippen LogP contribution in [0.5, 0.6) is 0 Å². The number of aliphatic carboxylic acids is 1. The first-order valence-electron chi connectivity index (χ1n) is 6.77. The zero-order valence-electron chi connectivity index (χ0n) is 12.4. The van der Waals surface area contributed by atoms with Crippen molar-refractivity contribution in [3.63, 3.8) is 0 Å². The van der Waals surface area contributed by atoms with Crippen molar-refractivity contribution in [2.45, 2.75) is 11.3 Å². The van der Waals surface area contributed by atoms with Gasteiger partial charge in [0.25, 0.3) is 10.0 Å². The predicted octanol–water partition coefficient (Wildman–Crippen LogP) is 5.08. The molecule has 0 aliphatic carbocycles. The van der Waals surface area contributed by atoms with Gasteiger partial charge in [-0.1, -0.05) is 50.7 Å². The number of hydrogen-bond donors (Lipinski definition) is 1. The second-order valence-electron chi connectivity index (χ2n) is 4.89. The number of halogens is 4. The third-order valence-electron chi connectivity index (χ3n) is 3.19. The number of hydrogen-bond acceptors (Lipinski definition) is 3. The Kier molecular flexibility index (Phi) is 6.62. The van der Waals surface area contributed by atoms with Gasteiger partial charge in [0.2, 0.25) is 0 Å². The largest absolute Gasteiger partial charge is 0.481 e. The monoisotopic (exact) mass is 485 g/mol. The highest BCUT2D eigenvalue weighted by Crippen LogP contribution is 2.37. The van der Waals surface area contributed by atoms with Gasteiger partial charge in [0.1, 0.15) is 0 Å². The smallest absolute Gasteiger partial charge is 0.305 e. The predicted molar refractivity (Wildman–Crippen MR) is 102 cm³/mol. The average Bonchev–Trinajstić information content (AvgIpc) is 2.52. The van der Waals surface area contributed by atoms with E-state index in [1.807, 2.05) is 0 Å². The first-order valence-corrected chi connectivity index (χ1v) is 10.1. The molecule has 0 bridgehead atoms. The van der Waals surface area contributed by atoms with Crippen LogP contribution in [0.3, 0.4) is 0 Å². The average molecular weight is 488 g/mol. The van der Waals surface area contributed by atoms with Gasteiger partial charge in [-0.15, -0.1) is 0 Å². The molecule has 0 atom stereocenters. The SMILES string of the molecule is O=C(O)CCN(c1cc(Cl)c(Cl)cc1Cl)S(=O)(=O)c1ccc(Br)cc1. The Labute approximate surface area is 168 Å². The molecular formula is C15H11BrCl3NO4S. The fourth-order valence-corrected chi connectivity index (χ4v) is 4.44. The summed E-state index contributed by atoms with van der Waals surface area (Å²) in [6, 6.07) is 8.55. The number of benzene rings is 2. The standard InChI is InChI=1S/C15H11BrCl3NO4S/c16-9-1-3-10(4-2-9)25(23,24)20(6-5-15(21)22)14-8-12(18)11(17)7-13(14)19/h1-4,7-8H,5-6H2,(H,21,22). The molecule has 2 rings (SSSR count). The molecule has 10 heteroatoms. The highest BCUT2D eigenvalue weighted by molar-refractivity contribution is 9.10. The maximum absolute atomic E-state index is 13.0. The maximum atomic E-state index is 13.0. The second-order valence-corrected chi connectivity index (χ2v) is 8.89. The number of sulfonamides is 1. The van der Waals surface area contributed by atoms with Crippen molar-refractivity contribution in [3.05, 3.63) is 55.9 Å². The van der Waals surface area contributed by atoms with Crippen molar-refractivity contribution in [2.75, 3.05) is 10.8 Å². The van der Waals surface area contributed by atoms with E-state index < -0.39 is 22.4 Å². The summed E-state index contributed by atoms with van der Waals surface area (Å²) in [6.07, 6.45) is -0.410. The fourth-order valence-electron chi connectivity index (χ4n) is 2.00. The molecule has 0 amide bonds. The Bertz CT molecular complexity index is 904. The van der Waals surface area contributed by atoms with Gasteiger partial charge in [-0.25, -0.2) is 8.42 Å². The lowest BCUT2D eigenvalue weighted by molar-refractivity contribution is -0.136. The number of anilines is 1. The van der Waals surface area contributed by atoms with Crippen LogP contribution < -0.4 is 4.31 Å². The first kappa shape index (κ1) is 20.3. The van der Waals surface area contributed by atoms with E-state index in [9.17, 15) is 13.2 Å². The van der Waals surface area contributed by atoms with Gasteiger partial charge in [-0.3, -0.25) is 9.10 Å². The van der Waals surface area contributed by atoms with Crippen LogP contribution in [0.1, 0.15) is 6.42 Å². The number of carboxylic acids is 1. The summed E-state index contributed by atoms with van der Waals surface area (Å²) in [5.41, 5.74) is 0.0558. The van der Waals surface area contributed by atoms with E-state index in [1.54, 1.807) is 12.1 Å². The van der Waals surface area contributed by atoms with E-state index in [-0.39, 0.29) is 32.2 Å². The van der Waals surface area contributed by atoms with Gasteiger partial charge >= 0.3 is 5.97 Å². The lowest BCUT2D eigenvalue weighted by atomic mass is 10.3. The Balaban J connectivity index is 2.58. The molecule has 0 unspecified atom stereocenters. The summed E-state index contributed by atoms with van der Waals surface area (Å²) >= 11 is 21.2. The molecular weight excluding hydrogens is 476 g/mol. The molecule has 1 N–H and O–H groups in total. The van der Waals surface area contributed by atoms with Crippen LogP contribution in [0.25, 0.3) is 0 Å². The fraction of sp³-hybridized carbons (Fsp3) is 0.133. The molecule has 0 aromatic heterocycles. The topological polar surface area (TPSA) is 74.7 Å². The molecule has 0 heterocycles. The quantitative estimate of drug-likeness (QED) is 0.577. The van der Waals surface area contributed by atoms with Crippen molar-refractivity contribution in [1.82, 2.24) is 0 Å². The van der Waals surface area contributed by atoms with E-state index in [1.165, 1.54) is 24.3 Å². The Morgan fingerprint density at radius 2 is 1.60 bits per heavy atom. The van der Waals surface area contributed by atoms with Crippen LogP contribution in [0.15, 0.2) is 45.8 Å². The molecule has 25 heavy (non-hydrogen) atoms. The van der Waals surface area contributed by atoms with Crippen LogP contribution >= 0.6 is 50.7 Å². The summed E-state index contributed by atoms with van der Waals surface area (Å²) < 4.78 is 27.6. The summed E-state index contributed by atoms with van der Waals surface area (Å²) in [4.78, 5) is 10.9. The summed E-state index contributed by atoms with van der Waals surface area (Å²) in [7, 11) is -4.06. The highest BCUT2D eigenvalue weighted by atomic mass is 79.9. The van der Waals surface area contributed by atoms with E-state index in [4.69, 9.17) is 39.9 Å². The first-order chi connectivity index (χ1) is 11.6. The molecule has 0 saturated carbocycles. The van der Waals surface area contributed by atoms with E-state index in [2.05, 4.69) is 15.9 Å². The van der Waals surface area contributed by atoms with Gasteiger partial charge in [0.05, 0.1) is 32.1 Å². The van der Waals surface area contributed by atoms with Crippen molar-refractivity contribution < 1.29 is 18.3 Å². The van der Waals surface area contributed by atoms with Crippen LogP contribution in [0, 0.1) is 0 Å². The van der Waals surface area contributed by atoms with Gasteiger partial charge < -0.3 is 5.11 Å². The Morgan fingerprint density at radius 3 is 2.16 bits per heavy atom. The van der Waals surface area contributed by atoms with Crippen LogP contribution in [-0.4, -0.2) is 26.0 Å². The minimum absolute atomic E-state index is 0.0109. The summed E-state index contributed by atoms with van der Waals surface area (Å²) in [5.74, 6) is -1.15. The zero-order chi connectivity index (χ0) is 18.8. The Hall–Kier alpha value is -0.990. The minimum atomic E-state index is -4.06. The van der Waals surface area contributed by atoms with Crippen LogP contribution in [0.2, 0.25) is 15.1 Å². The minimum Gasteiger partial charge on any atom is -0.481 e. The molecule has 5 nitrogen and oxygen atoms in total. The molecule has 2 aromatic carbocycles. The second kappa shape index (κ2) is 8.14. The van der Waals surface area contributed by atoms with Crippen molar-refractivity contribution in [3.8, 4) is 0 Å². The molecule has 0 saturated heterocycles. The van der Waals surface area contributed by atoms with Crippen molar-refractivity contribution in [1.29, 1.82) is 0 Å². The molecule has 134 valence electrons. The summed E-state index contributed by atoms with van der Waals surface area (Å²) in [6.45, 7) is -0.314. The van der Waals surface area contributed by atoms with Gasteiger partial charge in [0, 0.05) is 11.0 Å².